The van der Waals surface area contributed by atoms with Crippen LogP contribution < -0.4 is 0 Å². The van der Waals surface area contributed by atoms with E-state index in [9.17, 15) is 14.9 Å². The molecule has 0 saturated heterocycles. The monoisotopic (exact) mass is 250 g/mol. The van der Waals surface area contributed by atoms with E-state index in [4.69, 9.17) is 9.26 Å². The largest absolute Gasteiger partial charge is 0.466 e. The van der Waals surface area contributed by atoms with Gasteiger partial charge in [0.25, 0.3) is 5.69 Å². The van der Waals surface area contributed by atoms with E-state index in [-0.39, 0.29) is 17.7 Å². The molecule has 0 saturated carbocycles. The van der Waals surface area contributed by atoms with Crippen LogP contribution in [0.1, 0.15) is 12.6 Å². The third-order valence-electron chi connectivity index (χ3n) is 2.36. The molecule has 0 aliphatic rings. The zero-order chi connectivity index (χ0) is 13.1. The lowest BCUT2D eigenvalue weighted by atomic mass is 10.1. The smallest absolute Gasteiger partial charge is 0.312 e. The van der Waals surface area contributed by atoms with Gasteiger partial charge in [-0.15, -0.1) is 0 Å². The molecule has 2 aromatic rings. The third-order valence-corrected chi connectivity index (χ3v) is 2.36. The zero-order valence-corrected chi connectivity index (χ0v) is 9.58. The van der Waals surface area contributed by atoms with Crippen molar-refractivity contribution >= 4 is 22.6 Å². The van der Waals surface area contributed by atoms with Crippen LogP contribution >= 0.6 is 0 Å². The highest BCUT2D eigenvalue weighted by Crippen LogP contribution is 2.23. The maximum atomic E-state index is 11.3. The molecule has 0 aliphatic carbocycles. The maximum Gasteiger partial charge on any atom is 0.312 e. The number of carbonyl (C=O) groups excluding carboxylic acids is 1. The van der Waals surface area contributed by atoms with Gasteiger partial charge >= 0.3 is 5.97 Å². The molecule has 2 rings (SSSR count). The predicted octanol–water partition coefficient (Wildman–Crippen LogP) is 1.84. The van der Waals surface area contributed by atoms with E-state index < -0.39 is 10.9 Å². The van der Waals surface area contributed by atoms with Gasteiger partial charge in [0, 0.05) is 11.5 Å². The van der Waals surface area contributed by atoms with Crippen molar-refractivity contribution in [2.75, 3.05) is 6.61 Å². The first kappa shape index (κ1) is 12.0. The van der Waals surface area contributed by atoms with Crippen LogP contribution in [0.5, 0.6) is 0 Å². The van der Waals surface area contributed by atoms with E-state index >= 15 is 0 Å². The van der Waals surface area contributed by atoms with Crippen molar-refractivity contribution in [2.24, 2.45) is 0 Å². The third kappa shape index (κ3) is 2.29. The molecule has 0 radical (unpaired) electrons. The Morgan fingerprint density at radius 1 is 1.56 bits per heavy atom. The predicted molar refractivity (Wildman–Crippen MR) is 61.0 cm³/mol. The summed E-state index contributed by atoms with van der Waals surface area (Å²) >= 11 is 0. The van der Waals surface area contributed by atoms with Crippen molar-refractivity contribution in [3.8, 4) is 0 Å². The summed E-state index contributed by atoms with van der Waals surface area (Å²) in [7, 11) is 0. The van der Waals surface area contributed by atoms with Crippen LogP contribution in [0.4, 0.5) is 5.69 Å². The first-order chi connectivity index (χ1) is 8.61. The van der Waals surface area contributed by atoms with Gasteiger partial charge in [-0.1, -0.05) is 5.16 Å². The molecule has 7 heteroatoms. The Labute approximate surface area is 101 Å². The summed E-state index contributed by atoms with van der Waals surface area (Å²) in [5, 5.41) is 14.9. The van der Waals surface area contributed by atoms with Gasteiger partial charge < -0.3 is 9.26 Å². The van der Waals surface area contributed by atoms with Crippen molar-refractivity contribution < 1.29 is 19.0 Å². The zero-order valence-electron chi connectivity index (χ0n) is 9.58. The molecule has 0 N–H and O–H groups in total. The van der Waals surface area contributed by atoms with Gasteiger partial charge in [-0.3, -0.25) is 14.9 Å². The molecule has 94 valence electrons. The molecular weight excluding hydrogens is 240 g/mol. The van der Waals surface area contributed by atoms with E-state index in [0.29, 0.717) is 17.7 Å². The van der Waals surface area contributed by atoms with Crippen LogP contribution in [0.2, 0.25) is 0 Å². The number of rotatable bonds is 4. The van der Waals surface area contributed by atoms with Crippen molar-refractivity contribution in [3.05, 3.63) is 34.0 Å². The number of hydrogen-bond acceptors (Lipinski definition) is 6. The van der Waals surface area contributed by atoms with Crippen molar-refractivity contribution in [2.45, 2.75) is 13.3 Å². The lowest BCUT2D eigenvalue weighted by Gasteiger charge is -1.98. The van der Waals surface area contributed by atoms with Gasteiger partial charge in [-0.25, -0.2) is 0 Å². The molecule has 1 heterocycles. The van der Waals surface area contributed by atoms with Gasteiger partial charge in [0.1, 0.15) is 5.69 Å². The Kier molecular flexibility index (Phi) is 3.22. The summed E-state index contributed by atoms with van der Waals surface area (Å²) in [4.78, 5) is 21.4. The molecule has 1 aromatic heterocycles. The molecule has 0 spiro atoms. The highest BCUT2D eigenvalue weighted by Gasteiger charge is 2.16. The summed E-state index contributed by atoms with van der Waals surface area (Å²) in [5.74, 6) is -0.411. The molecule has 0 atom stereocenters. The lowest BCUT2D eigenvalue weighted by molar-refractivity contribution is -0.384. The average Bonchev–Trinajstić information content (AvgIpc) is 2.72. The summed E-state index contributed by atoms with van der Waals surface area (Å²) in [5.41, 5.74) is 0.614. The SMILES string of the molecule is CCOC(=O)Cc1noc2cc([N+](=O)[O-])ccc12. The molecule has 0 fully saturated rings. The second kappa shape index (κ2) is 4.82. The molecule has 0 aliphatic heterocycles. The quantitative estimate of drug-likeness (QED) is 0.466. The first-order valence-electron chi connectivity index (χ1n) is 5.30. The first-order valence-corrected chi connectivity index (χ1v) is 5.30. The minimum absolute atomic E-state index is 0.0152. The van der Waals surface area contributed by atoms with Gasteiger partial charge in [0.05, 0.1) is 24.0 Å². The highest BCUT2D eigenvalue weighted by atomic mass is 16.6. The minimum Gasteiger partial charge on any atom is -0.466 e. The molecule has 0 bridgehead atoms. The number of aromatic nitrogens is 1. The van der Waals surface area contributed by atoms with Gasteiger partial charge in [0.15, 0.2) is 5.58 Å². The second-order valence-corrected chi connectivity index (χ2v) is 3.55. The number of fused-ring (bicyclic) bond motifs is 1. The van der Waals surface area contributed by atoms with Gasteiger partial charge in [-0.05, 0) is 13.0 Å². The Morgan fingerprint density at radius 3 is 3.00 bits per heavy atom. The fourth-order valence-electron chi connectivity index (χ4n) is 1.57. The lowest BCUT2D eigenvalue weighted by Crippen LogP contribution is -2.07. The minimum atomic E-state index is -0.521. The van der Waals surface area contributed by atoms with E-state index in [2.05, 4.69) is 5.16 Å². The van der Waals surface area contributed by atoms with Crippen molar-refractivity contribution in [1.82, 2.24) is 5.16 Å². The Balaban J connectivity index is 2.31. The second-order valence-electron chi connectivity index (χ2n) is 3.55. The van der Waals surface area contributed by atoms with Gasteiger partial charge in [0.2, 0.25) is 0 Å². The molecule has 0 unspecified atom stereocenters. The Hall–Kier alpha value is -2.44. The molecule has 18 heavy (non-hydrogen) atoms. The number of benzene rings is 1. The fraction of sp³-hybridized carbons (Fsp3) is 0.273. The summed E-state index contributed by atoms with van der Waals surface area (Å²) in [6, 6.07) is 4.13. The summed E-state index contributed by atoms with van der Waals surface area (Å²) in [6.45, 7) is 2.00. The number of non-ortho nitro benzene ring substituents is 1. The van der Waals surface area contributed by atoms with Crippen LogP contribution in [-0.4, -0.2) is 22.7 Å². The number of nitro benzene ring substituents is 1. The number of ether oxygens (including phenoxy) is 1. The van der Waals surface area contributed by atoms with Crippen LogP contribution in [0.3, 0.4) is 0 Å². The average molecular weight is 250 g/mol. The number of nitro groups is 1. The summed E-state index contributed by atoms with van der Waals surface area (Å²) < 4.78 is 9.75. The fourth-order valence-corrected chi connectivity index (χ4v) is 1.57. The van der Waals surface area contributed by atoms with Crippen LogP contribution in [0.25, 0.3) is 11.0 Å². The number of esters is 1. The number of carbonyl (C=O) groups is 1. The molecule has 0 amide bonds. The van der Waals surface area contributed by atoms with Crippen LogP contribution in [-0.2, 0) is 16.0 Å². The van der Waals surface area contributed by atoms with Crippen molar-refractivity contribution in [1.29, 1.82) is 0 Å². The molecule has 1 aromatic carbocycles. The Morgan fingerprint density at radius 2 is 2.33 bits per heavy atom. The number of nitrogens with zero attached hydrogens (tertiary/aromatic N) is 2. The summed E-state index contributed by atoms with van der Waals surface area (Å²) in [6.07, 6.45) is -0.0152. The number of hydrogen-bond donors (Lipinski definition) is 0. The topological polar surface area (TPSA) is 95.5 Å². The standard InChI is InChI=1S/C11H10N2O5/c1-2-17-11(14)6-9-8-4-3-7(13(15)16)5-10(8)18-12-9/h3-5H,2,6H2,1H3. The molecular formula is C11H10N2O5. The normalized spacial score (nSPS) is 10.5. The Bertz CT molecular complexity index is 604. The van der Waals surface area contributed by atoms with Crippen LogP contribution in [0.15, 0.2) is 22.7 Å². The molecule has 7 nitrogen and oxygen atoms in total. The van der Waals surface area contributed by atoms with E-state index in [1.807, 2.05) is 0 Å². The van der Waals surface area contributed by atoms with E-state index in [1.165, 1.54) is 18.2 Å². The maximum absolute atomic E-state index is 11.3. The van der Waals surface area contributed by atoms with E-state index in [1.54, 1.807) is 6.92 Å². The van der Waals surface area contributed by atoms with Crippen LogP contribution in [0, 0.1) is 10.1 Å². The van der Waals surface area contributed by atoms with Gasteiger partial charge in [-0.2, -0.15) is 0 Å². The van der Waals surface area contributed by atoms with Crippen molar-refractivity contribution in [3.63, 3.8) is 0 Å². The highest BCUT2D eigenvalue weighted by molar-refractivity contribution is 5.85. The van der Waals surface area contributed by atoms with E-state index in [0.717, 1.165) is 0 Å².